The van der Waals surface area contributed by atoms with Gasteiger partial charge in [0.2, 0.25) is 0 Å². The second kappa shape index (κ2) is 12.0. The zero-order valence-electron chi connectivity index (χ0n) is 13.4. The van der Waals surface area contributed by atoms with E-state index in [-0.39, 0.29) is 35.9 Å². The summed E-state index contributed by atoms with van der Waals surface area (Å²) in [5.41, 5.74) is 0. The van der Waals surface area contributed by atoms with Crippen molar-refractivity contribution in [1.29, 1.82) is 0 Å². The SMILES string of the molecule is CN=C(NCCN1CCCCC1)NCC(C)C(=O)OC.I. The van der Waals surface area contributed by atoms with E-state index in [4.69, 9.17) is 4.74 Å². The molecule has 0 aromatic rings. The van der Waals surface area contributed by atoms with Crippen LogP contribution in [0.4, 0.5) is 0 Å². The van der Waals surface area contributed by atoms with Crippen LogP contribution in [0, 0.1) is 5.92 Å². The van der Waals surface area contributed by atoms with Crippen molar-refractivity contribution in [3.8, 4) is 0 Å². The molecule has 124 valence electrons. The highest BCUT2D eigenvalue weighted by atomic mass is 127. The first kappa shape index (κ1) is 20.4. The summed E-state index contributed by atoms with van der Waals surface area (Å²) < 4.78 is 4.69. The van der Waals surface area contributed by atoms with Crippen LogP contribution in [-0.4, -0.2) is 63.7 Å². The molecule has 1 aliphatic rings. The first-order chi connectivity index (χ1) is 9.67. The molecule has 1 saturated heterocycles. The first-order valence-electron chi connectivity index (χ1n) is 7.42. The molecule has 0 aromatic heterocycles. The van der Waals surface area contributed by atoms with Crippen molar-refractivity contribution in [1.82, 2.24) is 15.5 Å². The number of carbonyl (C=O) groups excluding carboxylic acids is 1. The van der Waals surface area contributed by atoms with E-state index in [1.807, 2.05) is 6.92 Å². The number of nitrogens with one attached hydrogen (secondary N) is 2. The maximum atomic E-state index is 11.3. The Kier molecular flexibility index (Phi) is 11.7. The van der Waals surface area contributed by atoms with E-state index in [2.05, 4.69) is 20.5 Å². The quantitative estimate of drug-likeness (QED) is 0.296. The van der Waals surface area contributed by atoms with Crippen molar-refractivity contribution in [2.75, 3.05) is 46.9 Å². The molecule has 1 atom stereocenters. The minimum absolute atomic E-state index is 0. The number of hydrogen-bond acceptors (Lipinski definition) is 4. The summed E-state index contributed by atoms with van der Waals surface area (Å²) >= 11 is 0. The Balaban J connectivity index is 0.00000400. The molecule has 0 radical (unpaired) electrons. The molecule has 0 bridgehead atoms. The van der Waals surface area contributed by atoms with E-state index in [1.54, 1.807) is 7.05 Å². The van der Waals surface area contributed by atoms with Gasteiger partial charge in [-0.25, -0.2) is 0 Å². The maximum absolute atomic E-state index is 11.3. The van der Waals surface area contributed by atoms with Gasteiger partial charge in [-0.3, -0.25) is 9.79 Å². The standard InChI is InChI=1S/C14H28N4O2.HI/c1-12(13(19)20-3)11-17-14(15-2)16-7-10-18-8-5-4-6-9-18;/h12H,4-11H2,1-3H3,(H2,15,16,17);1H. The van der Waals surface area contributed by atoms with Crippen LogP contribution in [0.2, 0.25) is 0 Å². The number of guanidine groups is 1. The van der Waals surface area contributed by atoms with Crippen LogP contribution in [0.15, 0.2) is 4.99 Å². The summed E-state index contributed by atoms with van der Waals surface area (Å²) in [5.74, 6) is 0.347. The van der Waals surface area contributed by atoms with Crippen molar-refractivity contribution in [3.05, 3.63) is 0 Å². The Morgan fingerprint density at radius 1 is 1.29 bits per heavy atom. The number of piperidine rings is 1. The van der Waals surface area contributed by atoms with Gasteiger partial charge in [-0.15, -0.1) is 24.0 Å². The Bertz CT molecular complexity index is 320. The number of ether oxygens (including phenoxy) is 1. The van der Waals surface area contributed by atoms with E-state index in [1.165, 1.54) is 39.5 Å². The molecule has 2 N–H and O–H groups in total. The number of aliphatic imine (C=N–C) groups is 1. The lowest BCUT2D eigenvalue weighted by Crippen LogP contribution is -2.44. The number of halogens is 1. The molecule has 7 heteroatoms. The fourth-order valence-electron chi connectivity index (χ4n) is 2.27. The third kappa shape index (κ3) is 8.45. The summed E-state index contributed by atoms with van der Waals surface area (Å²) in [6.45, 7) is 6.66. The number of hydrogen-bond donors (Lipinski definition) is 2. The molecule has 1 rings (SSSR count). The fourth-order valence-corrected chi connectivity index (χ4v) is 2.27. The summed E-state index contributed by atoms with van der Waals surface area (Å²) in [5, 5.41) is 6.42. The predicted molar refractivity (Wildman–Crippen MR) is 96.3 cm³/mol. The highest BCUT2D eigenvalue weighted by Gasteiger charge is 2.13. The van der Waals surface area contributed by atoms with Crippen LogP contribution in [0.5, 0.6) is 0 Å². The Hall–Kier alpha value is -0.570. The molecule has 1 heterocycles. The molecule has 21 heavy (non-hydrogen) atoms. The van der Waals surface area contributed by atoms with Gasteiger partial charge in [-0.1, -0.05) is 13.3 Å². The van der Waals surface area contributed by atoms with Gasteiger partial charge < -0.3 is 20.3 Å². The zero-order chi connectivity index (χ0) is 14.8. The molecular weight excluding hydrogens is 383 g/mol. The summed E-state index contributed by atoms with van der Waals surface area (Å²) in [6, 6.07) is 0. The minimum atomic E-state index is -0.207. The summed E-state index contributed by atoms with van der Waals surface area (Å²) in [7, 11) is 3.14. The Morgan fingerprint density at radius 2 is 1.95 bits per heavy atom. The average Bonchev–Trinajstić information content (AvgIpc) is 2.50. The number of rotatable bonds is 6. The second-order valence-electron chi connectivity index (χ2n) is 5.21. The van der Waals surface area contributed by atoms with Crippen LogP contribution in [0.1, 0.15) is 26.2 Å². The van der Waals surface area contributed by atoms with Crippen molar-refractivity contribution in [3.63, 3.8) is 0 Å². The summed E-state index contributed by atoms with van der Waals surface area (Å²) in [4.78, 5) is 17.9. The van der Waals surface area contributed by atoms with Crippen LogP contribution in [0.3, 0.4) is 0 Å². The van der Waals surface area contributed by atoms with Crippen LogP contribution < -0.4 is 10.6 Å². The molecular formula is C14H29IN4O2. The van der Waals surface area contributed by atoms with Gasteiger partial charge in [0.1, 0.15) is 0 Å². The second-order valence-corrected chi connectivity index (χ2v) is 5.21. The molecule has 1 unspecified atom stereocenters. The van der Waals surface area contributed by atoms with Gasteiger partial charge in [-0.2, -0.15) is 0 Å². The number of methoxy groups -OCH3 is 1. The molecule has 0 saturated carbocycles. The Morgan fingerprint density at radius 3 is 2.52 bits per heavy atom. The van der Waals surface area contributed by atoms with Crippen molar-refractivity contribution in [2.45, 2.75) is 26.2 Å². The smallest absolute Gasteiger partial charge is 0.310 e. The lowest BCUT2D eigenvalue weighted by atomic mass is 10.1. The van der Waals surface area contributed by atoms with Crippen LogP contribution in [0.25, 0.3) is 0 Å². The molecule has 0 aliphatic carbocycles. The van der Waals surface area contributed by atoms with E-state index < -0.39 is 0 Å². The minimum Gasteiger partial charge on any atom is -0.469 e. The van der Waals surface area contributed by atoms with Crippen molar-refractivity contribution < 1.29 is 9.53 Å². The number of likely N-dealkylation sites (tertiary alicyclic amines) is 1. The molecule has 0 aromatic carbocycles. The van der Waals surface area contributed by atoms with Gasteiger partial charge in [0.05, 0.1) is 13.0 Å². The van der Waals surface area contributed by atoms with Crippen molar-refractivity contribution in [2.24, 2.45) is 10.9 Å². The molecule has 1 fully saturated rings. The fraction of sp³-hybridized carbons (Fsp3) is 0.857. The largest absolute Gasteiger partial charge is 0.469 e. The average molecular weight is 412 g/mol. The van der Waals surface area contributed by atoms with E-state index in [0.29, 0.717) is 6.54 Å². The van der Waals surface area contributed by atoms with Gasteiger partial charge >= 0.3 is 5.97 Å². The zero-order valence-corrected chi connectivity index (χ0v) is 15.7. The molecule has 0 amide bonds. The lowest BCUT2D eigenvalue weighted by Gasteiger charge is -2.26. The van der Waals surface area contributed by atoms with Gasteiger partial charge in [0.15, 0.2) is 5.96 Å². The van der Waals surface area contributed by atoms with Crippen LogP contribution in [-0.2, 0) is 9.53 Å². The number of esters is 1. The lowest BCUT2D eigenvalue weighted by molar-refractivity contribution is -0.144. The highest BCUT2D eigenvalue weighted by molar-refractivity contribution is 14.0. The molecule has 0 spiro atoms. The van der Waals surface area contributed by atoms with E-state index >= 15 is 0 Å². The van der Waals surface area contributed by atoms with Crippen LogP contribution >= 0.6 is 24.0 Å². The summed E-state index contributed by atoms with van der Waals surface area (Å²) in [6.07, 6.45) is 3.98. The van der Waals surface area contributed by atoms with Gasteiger partial charge in [0, 0.05) is 26.7 Å². The number of nitrogens with zero attached hydrogens (tertiary/aromatic N) is 2. The third-order valence-corrected chi connectivity index (χ3v) is 3.57. The maximum Gasteiger partial charge on any atom is 0.310 e. The van der Waals surface area contributed by atoms with Gasteiger partial charge in [-0.05, 0) is 25.9 Å². The monoisotopic (exact) mass is 412 g/mol. The van der Waals surface area contributed by atoms with E-state index in [9.17, 15) is 4.79 Å². The molecule has 1 aliphatic heterocycles. The number of carbonyl (C=O) groups is 1. The first-order valence-corrected chi connectivity index (χ1v) is 7.42. The normalized spacial score (nSPS) is 17.6. The Labute approximate surface area is 145 Å². The van der Waals surface area contributed by atoms with Gasteiger partial charge in [0.25, 0.3) is 0 Å². The predicted octanol–water partition coefficient (Wildman–Crippen LogP) is 1.06. The van der Waals surface area contributed by atoms with Crippen molar-refractivity contribution >= 4 is 35.9 Å². The highest BCUT2D eigenvalue weighted by Crippen LogP contribution is 2.07. The molecule has 6 nitrogen and oxygen atoms in total. The van der Waals surface area contributed by atoms with E-state index in [0.717, 1.165) is 19.0 Å². The topological polar surface area (TPSA) is 66.0 Å². The third-order valence-electron chi connectivity index (χ3n) is 3.57.